The molecule has 8 heteroatoms. The van der Waals surface area contributed by atoms with Crippen LogP contribution in [0.2, 0.25) is 0 Å². The Morgan fingerprint density at radius 2 is 1.89 bits per heavy atom. The molecular formula is C19H26N4O3S. The molecule has 3 saturated carbocycles. The highest BCUT2D eigenvalue weighted by molar-refractivity contribution is 7.98. The molecule has 0 aliphatic heterocycles. The van der Waals surface area contributed by atoms with Gasteiger partial charge in [0, 0.05) is 12.0 Å². The summed E-state index contributed by atoms with van der Waals surface area (Å²) in [6.45, 7) is 2.65. The van der Waals surface area contributed by atoms with Crippen molar-refractivity contribution < 1.29 is 9.53 Å². The second kappa shape index (κ2) is 6.65. The molecule has 5 rings (SSSR count). The maximum atomic E-state index is 12.4. The van der Waals surface area contributed by atoms with Gasteiger partial charge in [-0.25, -0.2) is 9.78 Å². The molecule has 146 valence electrons. The van der Waals surface area contributed by atoms with Crippen LogP contribution in [0.25, 0.3) is 11.2 Å². The highest BCUT2D eigenvalue weighted by Gasteiger charge is 2.54. The van der Waals surface area contributed by atoms with E-state index in [0.717, 1.165) is 56.3 Å². The number of hydrogen-bond donors (Lipinski definition) is 1. The summed E-state index contributed by atoms with van der Waals surface area (Å²) in [6.07, 6.45) is 8.05. The fourth-order valence-corrected chi connectivity index (χ4v) is 5.41. The SMILES string of the molecule is CCCn1c(=O)nc(SC)c2[nH]c(C34CCC(C(=O)OC)(CC3)CC4)nc21. The second-order valence-corrected chi connectivity index (χ2v) is 8.69. The number of esters is 1. The molecule has 0 aromatic carbocycles. The van der Waals surface area contributed by atoms with Crippen LogP contribution in [0.5, 0.6) is 0 Å². The third-order valence-electron chi connectivity index (χ3n) is 6.59. The molecule has 2 bridgehead atoms. The first-order valence-corrected chi connectivity index (χ1v) is 10.8. The summed E-state index contributed by atoms with van der Waals surface area (Å²) in [7, 11) is 1.48. The van der Waals surface area contributed by atoms with Crippen LogP contribution in [0.15, 0.2) is 9.82 Å². The molecule has 0 unspecified atom stereocenters. The maximum Gasteiger partial charge on any atom is 0.350 e. The predicted octanol–water partition coefficient (Wildman–Crippen LogP) is 3.02. The van der Waals surface area contributed by atoms with Crippen LogP contribution in [-0.2, 0) is 21.5 Å². The van der Waals surface area contributed by atoms with Gasteiger partial charge in [-0.15, -0.1) is 11.8 Å². The van der Waals surface area contributed by atoms with Crippen LogP contribution >= 0.6 is 11.8 Å². The van der Waals surface area contributed by atoms with Gasteiger partial charge in [-0.1, -0.05) is 6.92 Å². The summed E-state index contributed by atoms with van der Waals surface area (Å²) in [5, 5.41) is 0.702. The lowest BCUT2D eigenvalue weighted by Crippen LogP contribution is -2.48. The number of fused-ring (bicyclic) bond motifs is 4. The van der Waals surface area contributed by atoms with Gasteiger partial charge in [-0.05, 0) is 51.2 Å². The Bertz CT molecular complexity index is 924. The van der Waals surface area contributed by atoms with E-state index in [0.29, 0.717) is 17.2 Å². The number of thioether (sulfide) groups is 1. The number of nitrogens with one attached hydrogen (secondary N) is 1. The van der Waals surface area contributed by atoms with Crippen molar-refractivity contribution in [3.8, 4) is 0 Å². The Kier molecular flexibility index (Phi) is 4.56. The first-order valence-electron chi connectivity index (χ1n) is 9.62. The van der Waals surface area contributed by atoms with Crippen LogP contribution in [-0.4, -0.2) is 38.9 Å². The molecule has 2 heterocycles. The van der Waals surface area contributed by atoms with Gasteiger partial charge in [0.05, 0.1) is 12.5 Å². The fourth-order valence-electron chi connectivity index (χ4n) is 4.89. The fraction of sp³-hybridized carbons (Fsp3) is 0.684. The van der Waals surface area contributed by atoms with E-state index in [1.807, 2.05) is 13.2 Å². The Morgan fingerprint density at radius 1 is 1.22 bits per heavy atom. The topological polar surface area (TPSA) is 89.9 Å². The normalized spacial score (nSPS) is 27.2. The highest BCUT2D eigenvalue weighted by Crippen LogP contribution is 2.57. The first-order chi connectivity index (χ1) is 13.0. The molecule has 1 N–H and O–H groups in total. The zero-order valence-corrected chi connectivity index (χ0v) is 16.9. The number of carbonyl (C=O) groups excluding carboxylic acids is 1. The van der Waals surface area contributed by atoms with Crippen molar-refractivity contribution in [2.45, 2.75) is 68.9 Å². The highest BCUT2D eigenvalue weighted by atomic mass is 32.2. The number of aromatic amines is 1. The minimum absolute atomic E-state index is 0.0441. The lowest BCUT2D eigenvalue weighted by molar-refractivity contribution is -0.160. The first kappa shape index (κ1) is 18.5. The van der Waals surface area contributed by atoms with Gasteiger partial charge >= 0.3 is 11.7 Å². The Morgan fingerprint density at radius 3 is 2.44 bits per heavy atom. The molecule has 3 fully saturated rings. The molecule has 7 nitrogen and oxygen atoms in total. The lowest BCUT2D eigenvalue weighted by atomic mass is 9.53. The molecule has 0 amide bonds. The van der Waals surface area contributed by atoms with Gasteiger partial charge in [0.1, 0.15) is 16.4 Å². The summed E-state index contributed by atoms with van der Waals surface area (Å²) in [6, 6.07) is 0. The second-order valence-electron chi connectivity index (χ2n) is 7.89. The molecule has 0 radical (unpaired) electrons. The van der Waals surface area contributed by atoms with Crippen LogP contribution in [0.1, 0.15) is 57.7 Å². The van der Waals surface area contributed by atoms with Gasteiger partial charge in [-0.2, -0.15) is 4.98 Å². The third kappa shape index (κ3) is 2.71. The summed E-state index contributed by atoms with van der Waals surface area (Å²) in [5.74, 6) is 0.884. The molecule has 0 atom stereocenters. The summed E-state index contributed by atoms with van der Waals surface area (Å²) in [5.41, 5.74) is 0.980. The monoisotopic (exact) mass is 390 g/mol. The number of H-pyrrole nitrogens is 1. The molecule has 3 aliphatic carbocycles. The summed E-state index contributed by atoms with van der Waals surface area (Å²) >= 11 is 1.46. The number of methoxy groups -OCH3 is 1. The van der Waals surface area contributed by atoms with E-state index in [4.69, 9.17) is 9.72 Å². The average molecular weight is 391 g/mol. The van der Waals surface area contributed by atoms with Crippen molar-refractivity contribution >= 4 is 28.9 Å². The molecule has 0 spiro atoms. The Labute approximate surface area is 162 Å². The number of aromatic nitrogens is 4. The zero-order chi connectivity index (χ0) is 19.2. The quantitative estimate of drug-likeness (QED) is 0.479. The minimum atomic E-state index is -0.307. The Hall–Kier alpha value is -1.83. The molecule has 3 aliphatic rings. The van der Waals surface area contributed by atoms with E-state index in [9.17, 15) is 9.59 Å². The standard InChI is InChI=1S/C19H26N4O3S/c1-4-11-23-13-12(14(27-3)22-17(23)25)20-15(21-13)18-5-8-19(9-6-18,10-7-18)16(24)26-2/h4-11H2,1-3H3,(H,20,21). The number of rotatable bonds is 5. The molecule has 2 aromatic rings. The van der Waals surface area contributed by atoms with Gasteiger partial charge in [0.15, 0.2) is 5.65 Å². The molecule has 0 saturated heterocycles. The zero-order valence-electron chi connectivity index (χ0n) is 16.1. The van der Waals surface area contributed by atoms with E-state index >= 15 is 0 Å². The average Bonchev–Trinajstić information content (AvgIpc) is 3.17. The molecular weight excluding hydrogens is 364 g/mol. The van der Waals surface area contributed by atoms with Gasteiger partial charge in [0.25, 0.3) is 0 Å². The van der Waals surface area contributed by atoms with E-state index < -0.39 is 0 Å². The van der Waals surface area contributed by atoms with Gasteiger partial charge in [0.2, 0.25) is 0 Å². The van der Waals surface area contributed by atoms with Gasteiger partial charge in [-0.3, -0.25) is 9.36 Å². The van der Waals surface area contributed by atoms with Crippen molar-refractivity contribution in [1.29, 1.82) is 0 Å². The predicted molar refractivity (Wildman–Crippen MR) is 104 cm³/mol. The third-order valence-corrected chi connectivity index (χ3v) is 7.27. The lowest BCUT2D eigenvalue weighted by Gasteiger charge is -2.50. The maximum absolute atomic E-state index is 12.4. The number of nitrogens with zero attached hydrogens (tertiary/aromatic N) is 3. The van der Waals surface area contributed by atoms with Crippen molar-refractivity contribution in [2.75, 3.05) is 13.4 Å². The van der Waals surface area contributed by atoms with E-state index in [1.54, 1.807) is 4.57 Å². The summed E-state index contributed by atoms with van der Waals surface area (Å²) in [4.78, 5) is 37.4. The van der Waals surface area contributed by atoms with Gasteiger partial charge < -0.3 is 9.72 Å². The van der Waals surface area contributed by atoms with Crippen molar-refractivity contribution in [1.82, 2.24) is 19.5 Å². The molecule has 27 heavy (non-hydrogen) atoms. The van der Waals surface area contributed by atoms with Crippen LogP contribution in [0.3, 0.4) is 0 Å². The number of ether oxygens (including phenoxy) is 1. The van der Waals surface area contributed by atoms with E-state index in [-0.39, 0.29) is 22.5 Å². The van der Waals surface area contributed by atoms with E-state index in [1.165, 1.54) is 18.9 Å². The number of carbonyl (C=O) groups is 1. The Balaban J connectivity index is 1.77. The number of hydrogen-bond acceptors (Lipinski definition) is 6. The van der Waals surface area contributed by atoms with Crippen LogP contribution in [0, 0.1) is 5.41 Å². The van der Waals surface area contributed by atoms with E-state index in [2.05, 4.69) is 9.97 Å². The molecule has 2 aromatic heterocycles. The van der Waals surface area contributed by atoms with Crippen LogP contribution in [0.4, 0.5) is 0 Å². The van der Waals surface area contributed by atoms with Crippen molar-refractivity contribution in [3.63, 3.8) is 0 Å². The van der Waals surface area contributed by atoms with Crippen molar-refractivity contribution in [2.24, 2.45) is 5.41 Å². The minimum Gasteiger partial charge on any atom is -0.469 e. The largest absolute Gasteiger partial charge is 0.469 e. The van der Waals surface area contributed by atoms with Crippen molar-refractivity contribution in [3.05, 3.63) is 16.3 Å². The number of imidazole rings is 1. The number of aryl methyl sites for hydroxylation is 1. The van der Waals surface area contributed by atoms with Crippen LogP contribution < -0.4 is 5.69 Å². The summed E-state index contributed by atoms with van der Waals surface area (Å²) < 4.78 is 6.75. The smallest absolute Gasteiger partial charge is 0.350 e.